The number of carboxylic acid groups (broad SMARTS) is 1. The Balaban J connectivity index is 2.04. The van der Waals surface area contributed by atoms with Crippen LogP contribution in [0.4, 0.5) is 11.4 Å². The number of rotatable bonds is 4. The summed E-state index contributed by atoms with van der Waals surface area (Å²) >= 11 is 6.11. The fourth-order valence-electron chi connectivity index (χ4n) is 2.27. The molecule has 1 aromatic heterocycles. The molecule has 8 nitrogen and oxygen atoms in total. The standard InChI is InChI=1S/C17H13ClN4O4/c1-9-15(20-19-11-3-5-12(23)6-4-11)16(24)22(21-9)14-8-10(17(25)26)2-7-13(14)18/h2-8,21,23H,1H3,(H,25,26). The van der Waals surface area contributed by atoms with E-state index in [0.717, 1.165) is 4.68 Å². The molecule has 0 fully saturated rings. The molecule has 0 aliphatic rings. The molecular weight excluding hydrogens is 360 g/mol. The minimum atomic E-state index is -1.13. The van der Waals surface area contributed by atoms with Gasteiger partial charge in [-0.3, -0.25) is 9.89 Å². The molecule has 0 aliphatic carbocycles. The van der Waals surface area contributed by atoms with Crippen molar-refractivity contribution in [2.45, 2.75) is 6.92 Å². The molecular formula is C17H13ClN4O4. The van der Waals surface area contributed by atoms with Gasteiger partial charge >= 0.3 is 5.97 Å². The highest BCUT2D eigenvalue weighted by Crippen LogP contribution is 2.24. The number of phenolic OH excluding ortho intramolecular Hbond substituents is 1. The van der Waals surface area contributed by atoms with Crippen molar-refractivity contribution in [2.75, 3.05) is 0 Å². The summed E-state index contributed by atoms with van der Waals surface area (Å²) < 4.78 is 1.12. The van der Waals surface area contributed by atoms with Gasteiger partial charge in [0.25, 0.3) is 5.56 Å². The average Bonchev–Trinajstić information content (AvgIpc) is 2.89. The Morgan fingerprint density at radius 2 is 1.85 bits per heavy atom. The van der Waals surface area contributed by atoms with Crippen LogP contribution in [0.3, 0.4) is 0 Å². The fourth-order valence-corrected chi connectivity index (χ4v) is 2.47. The quantitative estimate of drug-likeness (QED) is 0.600. The van der Waals surface area contributed by atoms with Gasteiger partial charge in [-0.05, 0) is 49.4 Å². The number of carbonyl (C=O) groups is 1. The molecule has 0 radical (unpaired) electrons. The molecule has 0 aliphatic heterocycles. The number of aromatic carboxylic acids is 1. The predicted octanol–water partition coefficient (Wildman–Crippen LogP) is 3.95. The smallest absolute Gasteiger partial charge is 0.335 e. The number of H-pyrrole nitrogens is 1. The van der Waals surface area contributed by atoms with Crippen LogP contribution in [0.1, 0.15) is 16.1 Å². The maximum atomic E-state index is 12.6. The summed E-state index contributed by atoms with van der Waals surface area (Å²) in [5.41, 5.74) is 0.639. The van der Waals surface area contributed by atoms with E-state index in [2.05, 4.69) is 15.3 Å². The Hall–Kier alpha value is -3.39. The molecule has 0 saturated heterocycles. The number of nitrogens with one attached hydrogen (secondary N) is 1. The summed E-state index contributed by atoms with van der Waals surface area (Å²) in [6.45, 7) is 1.64. The van der Waals surface area contributed by atoms with E-state index in [1.165, 1.54) is 30.3 Å². The van der Waals surface area contributed by atoms with E-state index in [0.29, 0.717) is 11.4 Å². The van der Waals surface area contributed by atoms with Gasteiger partial charge in [0.15, 0.2) is 5.69 Å². The second kappa shape index (κ2) is 6.85. The summed E-state index contributed by atoms with van der Waals surface area (Å²) in [5.74, 6) is -1.04. The zero-order chi connectivity index (χ0) is 18.8. The number of nitrogens with zero attached hydrogens (tertiary/aromatic N) is 3. The van der Waals surface area contributed by atoms with Gasteiger partial charge in [-0.15, -0.1) is 5.11 Å². The number of phenols is 1. The van der Waals surface area contributed by atoms with Crippen molar-refractivity contribution in [3.8, 4) is 11.4 Å². The second-order valence-corrected chi connectivity index (χ2v) is 5.82. The number of azo groups is 1. The highest BCUT2D eigenvalue weighted by atomic mass is 35.5. The van der Waals surface area contributed by atoms with Gasteiger partial charge in [-0.25, -0.2) is 9.48 Å². The molecule has 0 saturated carbocycles. The van der Waals surface area contributed by atoms with Crippen molar-refractivity contribution >= 4 is 28.9 Å². The van der Waals surface area contributed by atoms with Crippen molar-refractivity contribution < 1.29 is 15.0 Å². The van der Waals surface area contributed by atoms with Gasteiger partial charge in [0.05, 0.1) is 27.7 Å². The van der Waals surface area contributed by atoms with E-state index < -0.39 is 11.5 Å². The fraction of sp³-hybridized carbons (Fsp3) is 0.0588. The van der Waals surface area contributed by atoms with Crippen LogP contribution in [-0.4, -0.2) is 26.0 Å². The number of aromatic nitrogens is 2. The molecule has 26 heavy (non-hydrogen) atoms. The number of hydrogen-bond acceptors (Lipinski definition) is 5. The lowest BCUT2D eigenvalue weighted by molar-refractivity contribution is 0.0697. The van der Waals surface area contributed by atoms with Crippen LogP contribution >= 0.6 is 11.6 Å². The molecule has 9 heteroatoms. The number of hydrogen-bond donors (Lipinski definition) is 3. The molecule has 132 valence electrons. The summed E-state index contributed by atoms with van der Waals surface area (Å²) in [4.78, 5) is 23.8. The zero-order valence-corrected chi connectivity index (χ0v) is 14.2. The van der Waals surface area contributed by atoms with E-state index in [1.54, 1.807) is 19.1 Å². The average molecular weight is 373 g/mol. The molecule has 0 amide bonds. The number of halogens is 1. The van der Waals surface area contributed by atoms with Crippen LogP contribution in [0.5, 0.6) is 5.75 Å². The minimum Gasteiger partial charge on any atom is -0.508 e. The van der Waals surface area contributed by atoms with Gasteiger partial charge in [0.1, 0.15) is 5.75 Å². The molecule has 3 aromatic rings. The Morgan fingerprint density at radius 1 is 1.15 bits per heavy atom. The van der Waals surface area contributed by atoms with Crippen molar-refractivity contribution in [2.24, 2.45) is 10.2 Å². The topological polar surface area (TPSA) is 120 Å². The molecule has 0 spiro atoms. The van der Waals surface area contributed by atoms with Crippen LogP contribution in [0.15, 0.2) is 57.5 Å². The lowest BCUT2D eigenvalue weighted by Crippen LogP contribution is -2.15. The van der Waals surface area contributed by atoms with Crippen molar-refractivity contribution in [1.82, 2.24) is 9.78 Å². The first-order chi connectivity index (χ1) is 12.4. The highest BCUT2D eigenvalue weighted by molar-refractivity contribution is 6.32. The summed E-state index contributed by atoms with van der Waals surface area (Å²) in [7, 11) is 0. The molecule has 3 rings (SSSR count). The summed E-state index contributed by atoms with van der Waals surface area (Å²) in [5, 5.41) is 29.3. The van der Waals surface area contributed by atoms with Crippen molar-refractivity contribution in [1.29, 1.82) is 0 Å². The first-order valence-electron chi connectivity index (χ1n) is 7.42. The summed E-state index contributed by atoms with van der Waals surface area (Å²) in [6, 6.07) is 10.0. The maximum absolute atomic E-state index is 12.6. The number of benzene rings is 2. The lowest BCUT2D eigenvalue weighted by atomic mass is 10.2. The highest BCUT2D eigenvalue weighted by Gasteiger charge is 2.16. The number of aromatic hydroxyl groups is 1. The van der Waals surface area contributed by atoms with E-state index in [-0.39, 0.29) is 27.7 Å². The first kappa shape index (κ1) is 17.4. The summed E-state index contributed by atoms with van der Waals surface area (Å²) in [6.07, 6.45) is 0. The largest absolute Gasteiger partial charge is 0.508 e. The Morgan fingerprint density at radius 3 is 2.50 bits per heavy atom. The van der Waals surface area contributed by atoms with E-state index in [4.69, 9.17) is 16.7 Å². The van der Waals surface area contributed by atoms with Crippen molar-refractivity contribution in [3.63, 3.8) is 0 Å². The number of carboxylic acids is 1. The van der Waals surface area contributed by atoms with Crippen LogP contribution < -0.4 is 5.56 Å². The van der Waals surface area contributed by atoms with Crippen LogP contribution in [0, 0.1) is 6.92 Å². The predicted molar refractivity (Wildman–Crippen MR) is 95.4 cm³/mol. The van der Waals surface area contributed by atoms with Gasteiger partial charge < -0.3 is 10.2 Å². The molecule has 3 N–H and O–H groups in total. The van der Waals surface area contributed by atoms with Gasteiger partial charge in [0, 0.05) is 0 Å². The van der Waals surface area contributed by atoms with Crippen LogP contribution in [0.25, 0.3) is 5.69 Å². The number of aryl methyl sites for hydroxylation is 1. The molecule has 1 heterocycles. The second-order valence-electron chi connectivity index (χ2n) is 5.41. The van der Waals surface area contributed by atoms with E-state index in [1.807, 2.05) is 0 Å². The molecule has 0 atom stereocenters. The monoisotopic (exact) mass is 372 g/mol. The number of aromatic amines is 1. The van der Waals surface area contributed by atoms with Gasteiger partial charge in [-0.1, -0.05) is 11.6 Å². The van der Waals surface area contributed by atoms with Crippen LogP contribution in [-0.2, 0) is 0 Å². The SMILES string of the molecule is Cc1[nH]n(-c2cc(C(=O)O)ccc2Cl)c(=O)c1N=Nc1ccc(O)cc1. The maximum Gasteiger partial charge on any atom is 0.335 e. The Bertz CT molecular complexity index is 1070. The van der Waals surface area contributed by atoms with Crippen LogP contribution in [0.2, 0.25) is 5.02 Å². The molecule has 0 bridgehead atoms. The third-order valence-corrected chi connectivity index (χ3v) is 3.91. The first-order valence-corrected chi connectivity index (χ1v) is 7.80. The normalized spacial score (nSPS) is 11.2. The van der Waals surface area contributed by atoms with Crippen molar-refractivity contribution in [3.05, 3.63) is 69.1 Å². The zero-order valence-electron chi connectivity index (χ0n) is 13.5. The third kappa shape index (κ3) is 3.35. The van der Waals surface area contributed by atoms with E-state index >= 15 is 0 Å². The third-order valence-electron chi connectivity index (χ3n) is 3.59. The molecule has 2 aromatic carbocycles. The van der Waals surface area contributed by atoms with Gasteiger partial charge in [0.2, 0.25) is 0 Å². The van der Waals surface area contributed by atoms with E-state index in [9.17, 15) is 14.7 Å². The Kier molecular flexibility index (Phi) is 4.59. The minimum absolute atomic E-state index is 0.00387. The Labute approximate surface area is 152 Å². The molecule has 0 unspecified atom stereocenters. The lowest BCUT2D eigenvalue weighted by Gasteiger charge is -2.05. The van der Waals surface area contributed by atoms with Gasteiger partial charge in [-0.2, -0.15) is 5.11 Å².